The van der Waals surface area contributed by atoms with Crippen molar-refractivity contribution in [3.8, 4) is 0 Å². The average molecular weight is 568 g/mol. The van der Waals surface area contributed by atoms with Gasteiger partial charge in [-0.15, -0.1) is 0 Å². The fourth-order valence-corrected chi connectivity index (χ4v) is 5.73. The van der Waals surface area contributed by atoms with Crippen molar-refractivity contribution in [2.24, 2.45) is 0 Å². The highest BCUT2D eigenvalue weighted by Crippen LogP contribution is 2.32. The minimum Gasteiger partial charge on any atom is -0.352 e. The summed E-state index contributed by atoms with van der Waals surface area (Å²) < 4.78 is 66.1. The van der Waals surface area contributed by atoms with Crippen molar-refractivity contribution in [1.82, 2.24) is 10.2 Å². The Kier molecular flexibility index (Phi) is 10.0. The number of anilines is 1. The summed E-state index contributed by atoms with van der Waals surface area (Å²) in [6.07, 6.45) is 1.25. The molecule has 0 spiro atoms. The first-order valence-corrected chi connectivity index (χ1v) is 15.0. The van der Waals surface area contributed by atoms with Gasteiger partial charge < -0.3 is 10.2 Å². The Hall–Kier alpha value is -3.08. The van der Waals surface area contributed by atoms with Gasteiger partial charge in [0.15, 0.2) is 0 Å². The molecule has 0 bridgehead atoms. The average Bonchev–Trinajstić information content (AvgIpc) is 2.87. The normalized spacial score (nSPS) is 15.4. The number of benzene rings is 2. The number of sulfonamides is 1. The lowest BCUT2D eigenvalue weighted by molar-refractivity contribution is -0.140. The molecule has 11 heteroatoms. The minimum absolute atomic E-state index is 0.00772. The second kappa shape index (κ2) is 12.8. The topological polar surface area (TPSA) is 86.8 Å². The first-order valence-electron chi connectivity index (χ1n) is 13.1. The van der Waals surface area contributed by atoms with Crippen molar-refractivity contribution < 1.29 is 31.2 Å². The van der Waals surface area contributed by atoms with E-state index in [9.17, 15) is 31.2 Å². The summed E-state index contributed by atoms with van der Waals surface area (Å²) >= 11 is 0. The van der Waals surface area contributed by atoms with E-state index in [1.807, 2.05) is 25.1 Å². The molecule has 1 saturated carbocycles. The Bertz CT molecular complexity index is 1260. The molecule has 1 N–H and O–H groups in total. The number of aryl methyl sites for hydroxylation is 1. The number of halogens is 3. The van der Waals surface area contributed by atoms with Crippen molar-refractivity contribution in [1.29, 1.82) is 0 Å². The second-order valence-electron chi connectivity index (χ2n) is 10.0. The Morgan fingerprint density at radius 1 is 1.05 bits per heavy atom. The summed E-state index contributed by atoms with van der Waals surface area (Å²) in [5.41, 5.74) is 0.350. The molecular formula is C28H36F3N3O4S. The second-order valence-corrected chi connectivity index (χ2v) is 11.9. The van der Waals surface area contributed by atoms with E-state index in [1.54, 1.807) is 13.0 Å². The summed E-state index contributed by atoms with van der Waals surface area (Å²) in [5, 5.41) is 3.06. The van der Waals surface area contributed by atoms with Crippen LogP contribution in [-0.4, -0.2) is 50.0 Å². The molecule has 1 aliphatic rings. The zero-order valence-electron chi connectivity index (χ0n) is 22.5. The highest BCUT2D eigenvalue weighted by molar-refractivity contribution is 7.92. The summed E-state index contributed by atoms with van der Waals surface area (Å²) in [6, 6.07) is 10.3. The first-order chi connectivity index (χ1) is 18.3. The molecule has 39 heavy (non-hydrogen) atoms. The van der Waals surface area contributed by atoms with E-state index in [-0.39, 0.29) is 30.6 Å². The number of amides is 2. The summed E-state index contributed by atoms with van der Waals surface area (Å²) in [6.45, 7) is 2.93. The van der Waals surface area contributed by atoms with Gasteiger partial charge in [0, 0.05) is 12.6 Å². The zero-order valence-corrected chi connectivity index (χ0v) is 23.3. The fraction of sp³-hybridized carbons (Fsp3) is 0.500. The third-order valence-electron chi connectivity index (χ3n) is 7.08. The van der Waals surface area contributed by atoms with Crippen LogP contribution in [0.5, 0.6) is 0 Å². The third kappa shape index (κ3) is 8.20. The lowest BCUT2D eigenvalue weighted by atomic mass is 9.95. The third-order valence-corrected chi connectivity index (χ3v) is 8.22. The molecule has 0 heterocycles. The molecule has 1 unspecified atom stereocenters. The highest BCUT2D eigenvalue weighted by atomic mass is 32.2. The van der Waals surface area contributed by atoms with Crippen LogP contribution in [0.4, 0.5) is 18.9 Å². The molecule has 2 aromatic carbocycles. The Morgan fingerprint density at radius 2 is 1.72 bits per heavy atom. The predicted molar refractivity (Wildman–Crippen MR) is 144 cm³/mol. The van der Waals surface area contributed by atoms with Crippen LogP contribution in [0.3, 0.4) is 0 Å². The summed E-state index contributed by atoms with van der Waals surface area (Å²) in [7, 11) is -4.15. The highest BCUT2D eigenvalue weighted by Gasteiger charge is 2.35. The van der Waals surface area contributed by atoms with E-state index in [0.29, 0.717) is 10.4 Å². The lowest BCUT2D eigenvalue weighted by Gasteiger charge is -2.34. The number of nitrogens with one attached hydrogen (secondary N) is 1. The smallest absolute Gasteiger partial charge is 0.352 e. The lowest BCUT2D eigenvalue weighted by Crippen LogP contribution is -2.54. The van der Waals surface area contributed by atoms with Crippen LogP contribution >= 0.6 is 0 Å². The number of carbonyl (C=O) groups excluding carboxylic acids is 2. The van der Waals surface area contributed by atoms with Gasteiger partial charge in [-0.1, -0.05) is 56.5 Å². The summed E-state index contributed by atoms with van der Waals surface area (Å²) in [4.78, 5) is 28.5. The quantitative estimate of drug-likeness (QED) is 0.436. The van der Waals surface area contributed by atoms with Gasteiger partial charge in [-0.05, 0) is 55.5 Å². The van der Waals surface area contributed by atoms with Crippen LogP contribution in [0.1, 0.15) is 62.1 Å². The van der Waals surface area contributed by atoms with Gasteiger partial charge in [0.05, 0.1) is 17.5 Å². The molecule has 0 aromatic heterocycles. The van der Waals surface area contributed by atoms with Crippen LogP contribution in [0.25, 0.3) is 0 Å². The molecule has 0 radical (unpaired) electrons. The van der Waals surface area contributed by atoms with Gasteiger partial charge in [-0.25, -0.2) is 8.42 Å². The monoisotopic (exact) mass is 567 g/mol. The van der Waals surface area contributed by atoms with E-state index >= 15 is 0 Å². The fourth-order valence-electron chi connectivity index (χ4n) is 4.89. The molecule has 1 fully saturated rings. The van der Waals surface area contributed by atoms with Crippen molar-refractivity contribution in [2.45, 2.75) is 77.2 Å². The van der Waals surface area contributed by atoms with Gasteiger partial charge >= 0.3 is 6.18 Å². The Balaban J connectivity index is 1.96. The number of nitrogens with zero attached hydrogens (tertiary/aromatic N) is 2. The Labute approximate surface area is 228 Å². The molecule has 7 nitrogen and oxygen atoms in total. The molecule has 1 atom stereocenters. The van der Waals surface area contributed by atoms with E-state index < -0.39 is 40.3 Å². The van der Waals surface area contributed by atoms with E-state index in [4.69, 9.17) is 0 Å². The maximum atomic E-state index is 13.8. The van der Waals surface area contributed by atoms with E-state index in [0.717, 1.165) is 61.6 Å². The van der Waals surface area contributed by atoms with Crippen LogP contribution in [0.2, 0.25) is 0 Å². The summed E-state index contributed by atoms with van der Waals surface area (Å²) in [5.74, 6) is -1.01. The molecule has 214 valence electrons. The van der Waals surface area contributed by atoms with Crippen LogP contribution in [0.15, 0.2) is 48.5 Å². The van der Waals surface area contributed by atoms with Gasteiger partial charge in [-0.2, -0.15) is 13.2 Å². The van der Waals surface area contributed by atoms with Crippen molar-refractivity contribution in [3.05, 3.63) is 65.2 Å². The standard InChI is InChI=1S/C28H36F3N3O4S/c1-4-25(27(36)32-23-14-6-5-7-15-23)33(18-21-12-9-8-11-20(21)2)26(35)19-34(39(3,37)38)24-16-10-13-22(17-24)28(29,30)31/h8-13,16-17,23,25H,4-7,14-15,18-19H2,1-3H3,(H,32,36). The number of alkyl halides is 3. The van der Waals surface area contributed by atoms with Crippen LogP contribution in [-0.2, 0) is 32.3 Å². The molecule has 1 aliphatic carbocycles. The SMILES string of the molecule is CCC(C(=O)NC1CCCCC1)N(Cc1ccccc1C)C(=O)CN(c1cccc(C(F)(F)F)c1)S(C)(=O)=O. The van der Waals surface area contributed by atoms with Crippen molar-refractivity contribution in [3.63, 3.8) is 0 Å². The number of carbonyl (C=O) groups is 2. The molecule has 2 amide bonds. The minimum atomic E-state index is -4.69. The van der Waals surface area contributed by atoms with Gasteiger partial charge in [-0.3, -0.25) is 13.9 Å². The Morgan fingerprint density at radius 3 is 2.31 bits per heavy atom. The maximum Gasteiger partial charge on any atom is 0.416 e. The van der Waals surface area contributed by atoms with Gasteiger partial charge in [0.2, 0.25) is 21.8 Å². The number of hydrogen-bond acceptors (Lipinski definition) is 4. The molecule has 2 aromatic rings. The van der Waals surface area contributed by atoms with Crippen LogP contribution in [0, 0.1) is 6.92 Å². The molecule has 3 rings (SSSR count). The van der Waals surface area contributed by atoms with Gasteiger partial charge in [0.25, 0.3) is 0 Å². The zero-order chi connectivity index (χ0) is 28.8. The predicted octanol–water partition coefficient (Wildman–Crippen LogP) is 5.04. The van der Waals surface area contributed by atoms with Crippen molar-refractivity contribution in [2.75, 3.05) is 17.1 Å². The maximum absolute atomic E-state index is 13.8. The molecular weight excluding hydrogens is 531 g/mol. The van der Waals surface area contributed by atoms with E-state index in [2.05, 4.69) is 5.32 Å². The van der Waals surface area contributed by atoms with Gasteiger partial charge in [0.1, 0.15) is 12.6 Å². The molecule has 0 aliphatic heterocycles. The number of rotatable bonds is 10. The van der Waals surface area contributed by atoms with E-state index in [1.165, 1.54) is 11.0 Å². The van der Waals surface area contributed by atoms with Crippen LogP contribution < -0.4 is 9.62 Å². The first kappa shape index (κ1) is 30.5. The van der Waals surface area contributed by atoms with Crippen molar-refractivity contribution >= 4 is 27.5 Å². The molecule has 0 saturated heterocycles. The largest absolute Gasteiger partial charge is 0.416 e. The number of hydrogen-bond donors (Lipinski definition) is 1.